The fraction of sp³-hybridized carbons (Fsp3) is 0. The zero-order valence-corrected chi connectivity index (χ0v) is 11.2. The molecule has 0 aliphatic heterocycles. The number of nitrogens with two attached hydrogens (primary N) is 2. The minimum Gasteiger partial charge on any atom is -0.456 e. The second-order valence-corrected chi connectivity index (χ2v) is 4.63. The van der Waals surface area contributed by atoms with Gasteiger partial charge in [-0.2, -0.15) is 0 Å². The molecule has 98 valence electrons. The van der Waals surface area contributed by atoms with Crippen molar-refractivity contribution >= 4 is 34.8 Å². The van der Waals surface area contributed by atoms with Gasteiger partial charge < -0.3 is 16.2 Å². The molecule has 0 saturated heterocycles. The third kappa shape index (κ3) is 3.10. The molecule has 2 rings (SSSR count). The lowest BCUT2D eigenvalue weighted by Gasteiger charge is -2.10. The predicted molar refractivity (Wildman–Crippen MR) is 75.9 cm³/mol. The van der Waals surface area contributed by atoms with Gasteiger partial charge in [0.25, 0.3) is 5.91 Å². The van der Waals surface area contributed by atoms with Crippen LogP contribution in [0.4, 0.5) is 5.69 Å². The van der Waals surface area contributed by atoms with E-state index >= 15 is 0 Å². The van der Waals surface area contributed by atoms with Gasteiger partial charge >= 0.3 is 0 Å². The van der Waals surface area contributed by atoms with Crippen molar-refractivity contribution in [2.75, 3.05) is 5.73 Å². The molecule has 0 fully saturated rings. The lowest BCUT2D eigenvalue weighted by molar-refractivity contribution is 0.100. The van der Waals surface area contributed by atoms with Crippen LogP contribution in [0.15, 0.2) is 36.4 Å². The van der Waals surface area contributed by atoms with Crippen LogP contribution in [0.2, 0.25) is 10.0 Å². The molecule has 0 radical (unpaired) electrons. The van der Waals surface area contributed by atoms with Crippen molar-refractivity contribution in [1.29, 1.82) is 0 Å². The van der Waals surface area contributed by atoms with Crippen LogP contribution in [0.25, 0.3) is 0 Å². The van der Waals surface area contributed by atoms with Crippen molar-refractivity contribution in [2.24, 2.45) is 5.73 Å². The van der Waals surface area contributed by atoms with E-state index in [-0.39, 0.29) is 11.3 Å². The van der Waals surface area contributed by atoms with E-state index in [4.69, 9.17) is 39.4 Å². The molecule has 2 aromatic carbocycles. The number of hydrogen-bond donors (Lipinski definition) is 2. The SMILES string of the molecule is NC(=O)c1cc(Oc2cc(Cl)ccc2Cl)ccc1N. The highest BCUT2D eigenvalue weighted by atomic mass is 35.5. The van der Waals surface area contributed by atoms with E-state index in [1.54, 1.807) is 24.3 Å². The Bertz CT molecular complexity index is 645. The molecule has 0 aliphatic rings. The predicted octanol–water partition coefficient (Wildman–Crippen LogP) is 3.47. The maximum Gasteiger partial charge on any atom is 0.250 e. The van der Waals surface area contributed by atoms with Crippen molar-refractivity contribution < 1.29 is 9.53 Å². The zero-order valence-electron chi connectivity index (χ0n) is 9.69. The number of benzene rings is 2. The summed E-state index contributed by atoms with van der Waals surface area (Å²) in [5.41, 5.74) is 11.3. The van der Waals surface area contributed by atoms with Crippen molar-refractivity contribution in [3.63, 3.8) is 0 Å². The quantitative estimate of drug-likeness (QED) is 0.851. The Labute approximate surface area is 119 Å². The van der Waals surface area contributed by atoms with Crippen LogP contribution in [0.3, 0.4) is 0 Å². The van der Waals surface area contributed by atoms with E-state index < -0.39 is 5.91 Å². The molecule has 2 aromatic rings. The van der Waals surface area contributed by atoms with Crippen LogP contribution in [-0.2, 0) is 0 Å². The van der Waals surface area contributed by atoms with Crippen molar-refractivity contribution in [3.05, 3.63) is 52.0 Å². The van der Waals surface area contributed by atoms with E-state index in [1.807, 2.05) is 0 Å². The van der Waals surface area contributed by atoms with Crippen LogP contribution in [0.5, 0.6) is 11.5 Å². The fourth-order valence-electron chi connectivity index (χ4n) is 1.49. The van der Waals surface area contributed by atoms with Gasteiger partial charge in [-0.15, -0.1) is 0 Å². The number of nitrogen functional groups attached to an aromatic ring is 1. The highest BCUT2D eigenvalue weighted by Crippen LogP contribution is 2.32. The summed E-state index contributed by atoms with van der Waals surface area (Å²) in [7, 11) is 0. The minimum atomic E-state index is -0.625. The summed E-state index contributed by atoms with van der Waals surface area (Å²) in [5, 5.41) is 0.895. The molecule has 4 nitrogen and oxygen atoms in total. The summed E-state index contributed by atoms with van der Waals surface area (Å²) in [5.74, 6) is 0.154. The molecular weight excluding hydrogens is 287 g/mol. The second-order valence-electron chi connectivity index (χ2n) is 3.79. The molecule has 0 bridgehead atoms. The summed E-state index contributed by atoms with van der Waals surface area (Å²) in [6.45, 7) is 0. The number of anilines is 1. The molecule has 4 N–H and O–H groups in total. The fourth-order valence-corrected chi connectivity index (χ4v) is 1.81. The summed E-state index contributed by atoms with van der Waals surface area (Å²) >= 11 is 11.8. The molecule has 0 aliphatic carbocycles. The Balaban J connectivity index is 2.36. The molecule has 0 heterocycles. The largest absolute Gasteiger partial charge is 0.456 e. The van der Waals surface area contributed by atoms with Crippen LogP contribution < -0.4 is 16.2 Å². The minimum absolute atomic E-state index is 0.190. The van der Waals surface area contributed by atoms with Crippen LogP contribution in [0, 0.1) is 0 Å². The lowest BCUT2D eigenvalue weighted by Crippen LogP contribution is -2.13. The highest BCUT2D eigenvalue weighted by Gasteiger charge is 2.09. The second kappa shape index (κ2) is 5.38. The zero-order chi connectivity index (χ0) is 14.0. The van der Waals surface area contributed by atoms with Crippen molar-refractivity contribution in [2.45, 2.75) is 0 Å². The third-order valence-corrected chi connectivity index (χ3v) is 2.96. The van der Waals surface area contributed by atoms with Crippen molar-refractivity contribution in [3.8, 4) is 11.5 Å². The summed E-state index contributed by atoms with van der Waals surface area (Å²) in [6, 6.07) is 9.44. The first-order valence-electron chi connectivity index (χ1n) is 5.29. The first-order valence-corrected chi connectivity index (χ1v) is 6.05. The normalized spacial score (nSPS) is 10.2. The lowest BCUT2D eigenvalue weighted by atomic mass is 10.1. The van der Waals surface area contributed by atoms with Gasteiger partial charge in [-0.25, -0.2) is 0 Å². The monoisotopic (exact) mass is 296 g/mol. The maximum absolute atomic E-state index is 11.2. The van der Waals surface area contributed by atoms with Gasteiger partial charge in [0.05, 0.1) is 10.6 Å². The van der Waals surface area contributed by atoms with Crippen molar-refractivity contribution in [1.82, 2.24) is 0 Å². The summed E-state index contributed by atoms with van der Waals surface area (Å²) < 4.78 is 5.56. The van der Waals surface area contributed by atoms with E-state index in [9.17, 15) is 4.79 Å². The molecule has 1 amide bonds. The highest BCUT2D eigenvalue weighted by molar-refractivity contribution is 6.34. The molecule has 0 saturated carbocycles. The third-order valence-electron chi connectivity index (χ3n) is 2.41. The number of hydrogen-bond acceptors (Lipinski definition) is 3. The van der Waals surface area contributed by atoms with Crippen LogP contribution >= 0.6 is 23.2 Å². The number of rotatable bonds is 3. The Hall–Kier alpha value is -1.91. The Kier molecular flexibility index (Phi) is 3.83. The summed E-state index contributed by atoms with van der Waals surface area (Å²) in [4.78, 5) is 11.2. The Morgan fingerprint density at radius 1 is 1.11 bits per heavy atom. The molecule has 6 heteroatoms. The maximum atomic E-state index is 11.2. The van der Waals surface area contributed by atoms with E-state index in [2.05, 4.69) is 0 Å². The number of primary amides is 1. The molecule has 19 heavy (non-hydrogen) atoms. The average Bonchev–Trinajstić information content (AvgIpc) is 2.36. The Morgan fingerprint density at radius 3 is 2.53 bits per heavy atom. The average molecular weight is 297 g/mol. The molecular formula is C13H10Cl2N2O2. The van der Waals surface area contributed by atoms with Gasteiger partial charge in [0.2, 0.25) is 0 Å². The van der Waals surface area contributed by atoms with Gasteiger partial charge in [-0.3, -0.25) is 4.79 Å². The molecule has 0 unspecified atom stereocenters. The van der Waals surface area contributed by atoms with Crippen LogP contribution in [0.1, 0.15) is 10.4 Å². The van der Waals surface area contributed by atoms with E-state index in [0.29, 0.717) is 21.5 Å². The van der Waals surface area contributed by atoms with Gasteiger partial charge in [0.1, 0.15) is 11.5 Å². The van der Waals surface area contributed by atoms with Gasteiger partial charge in [0.15, 0.2) is 0 Å². The van der Waals surface area contributed by atoms with E-state index in [0.717, 1.165) is 0 Å². The van der Waals surface area contributed by atoms with Gasteiger partial charge in [-0.05, 0) is 30.3 Å². The molecule has 0 aromatic heterocycles. The number of carbonyl (C=O) groups excluding carboxylic acids is 1. The number of ether oxygens (including phenoxy) is 1. The molecule has 0 spiro atoms. The van der Waals surface area contributed by atoms with Gasteiger partial charge in [-0.1, -0.05) is 23.2 Å². The summed E-state index contributed by atoms with van der Waals surface area (Å²) in [6.07, 6.45) is 0. The Morgan fingerprint density at radius 2 is 1.84 bits per heavy atom. The topological polar surface area (TPSA) is 78.3 Å². The van der Waals surface area contributed by atoms with Gasteiger partial charge in [0, 0.05) is 16.8 Å². The van der Waals surface area contributed by atoms with E-state index in [1.165, 1.54) is 12.1 Å². The number of carbonyl (C=O) groups is 1. The molecule has 0 atom stereocenters. The first kappa shape index (κ1) is 13.5. The number of halogens is 2. The standard InChI is InChI=1S/C13H10Cl2N2O2/c14-7-1-3-10(15)12(5-7)19-8-2-4-11(16)9(6-8)13(17)18/h1-6H,16H2,(H2,17,18). The smallest absolute Gasteiger partial charge is 0.250 e. The number of amides is 1. The first-order chi connectivity index (χ1) is 8.97. The van der Waals surface area contributed by atoms with Crippen LogP contribution in [-0.4, -0.2) is 5.91 Å².